The normalized spacial score (nSPS) is 18.2. The summed E-state index contributed by atoms with van der Waals surface area (Å²) in [7, 11) is 1.71. The summed E-state index contributed by atoms with van der Waals surface area (Å²) in [6.07, 6.45) is 3.95. The molecule has 1 fully saturated rings. The van der Waals surface area contributed by atoms with Crippen LogP contribution < -0.4 is 5.32 Å². The van der Waals surface area contributed by atoms with Gasteiger partial charge in [-0.05, 0) is 24.6 Å². The molecule has 0 radical (unpaired) electrons. The van der Waals surface area contributed by atoms with Crippen molar-refractivity contribution in [1.29, 1.82) is 0 Å². The van der Waals surface area contributed by atoms with Gasteiger partial charge in [-0.25, -0.2) is 15.0 Å². The monoisotopic (exact) mass is 461 g/mol. The summed E-state index contributed by atoms with van der Waals surface area (Å²) in [5.74, 6) is 0.843. The van der Waals surface area contributed by atoms with Gasteiger partial charge in [-0.2, -0.15) is 5.10 Å². The molecule has 5 rings (SSSR count). The molecule has 0 unspecified atom stereocenters. The van der Waals surface area contributed by atoms with Crippen molar-refractivity contribution >= 4 is 29.0 Å². The summed E-state index contributed by atoms with van der Waals surface area (Å²) in [5.41, 5.74) is 1.36. The number of likely N-dealkylation sites (tertiary alicyclic amines) is 1. The lowest BCUT2D eigenvalue weighted by molar-refractivity contribution is -0.143. The minimum absolute atomic E-state index is 0.274. The van der Waals surface area contributed by atoms with Crippen molar-refractivity contribution in [2.75, 3.05) is 18.9 Å². The maximum Gasteiger partial charge on any atom is 0.258 e. The number of aryl methyl sites for hydroxylation is 1. The predicted molar refractivity (Wildman–Crippen MR) is 126 cm³/mol. The van der Waals surface area contributed by atoms with Crippen molar-refractivity contribution in [2.24, 2.45) is 0 Å². The van der Waals surface area contributed by atoms with E-state index in [9.17, 15) is 9.90 Å². The number of benzene rings is 1. The van der Waals surface area contributed by atoms with Crippen molar-refractivity contribution in [3.63, 3.8) is 0 Å². The third-order valence-electron chi connectivity index (χ3n) is 5.72. The number of thiazole rings is 1. The number of amides is 1. The van der Waals surface area contributed by atoms with E-state index in [4.69, 9.17) is 4.98 Å². The lowest BCUT2D eigenvalue weighted by atomic mass is 9.91. The summed E-state index contributed by atoms with van der Waals surface area (Å²) in [6.45, 7) is 3.34. The van der Waals surface area contributed by atoms with E-state index in [0.29, 0.717) is 36.0 Å². The molecule has 1 atom stereocenters. The molecular weight excluding hydrogens is 438 g/mol. The van der Waals surface area contributed by atoms with E-state index in [1.807, 2.05) is 47.4 Å². The largest absolute Gasteiger partial charge is 0.375 e. The molecule has 4 aromatic rings. The van der Waals surface area contributed by atoms with Crippen LogP contribution in [-0.4, -0.2) is 54.2 Å². The van der Waals surface area contributed by atoms with E-state index in [-0.39, 0.29) is 5.91 Å². The van der Waals surface area contributed by atoms with Gasteiger partial charge in [0.2, 0.25) is 5.95 Å². The first-order valence-electron chi connectivity index (χ1n) is 10.6. The molecule has 1 aromatic carbocycles. The molecule has 33 heavy (non-hydrogen) atoms. The highest BCUT2D eigenvalue weighted by atomic mass is 32.1. The Hall–Kier alpha value is -3.63. The van der Waals surface area contributed by atoms with Gasteiger partial charge in [0.1, 0.15) is 10.7 Å². The summed E-state index contributed by atoms with van der Waals surface area (Å²) in [4.78, 5) is 27.6. The molecule has 1 aliphatic rings. The Labute approximate surface area is 194 Å². The van der Waals surface area contributed by atoms with Gasteiger partial charge in [0.25, 0.3) is 5.91 Å². The quantitative estimate of drug-likeness (QED) is 0.453. The van der Waals surface area contributed by atoms with Crippen molar-refractivity contribution < 1.29 is 9.90 Å². The van der Waals surface area contributed by atoms with Crippen molar-refractivity contribution in [3.8, 4) is 22.0 Å². The second-order valence-corrected chi connectivity index (χ2v) is 8.76. The smallest absolute Gasteiger partial charge is 0.258 e. The first-order chi connectivity index (χ1) is 16.0. The number of aliphatic hydroxyl groups is 1. The molecule has 1 amide bonds. The fourth-order valence-electron chi connectivity index (χ4n) is 3.84. The number of aromatic nitrogens is 5. The first-order valence-corrected chi connectivity index (χ1v) is 11.5. The summed E-state index contributed by atoms with van der Waals surface area (Å²) >= 11 is 1.48. The third-order valence-corrected chi connectivity index (χ3v) is 6.61. The van der Waals surface area contributed by atoms with Gasteiger partial charge in [0.05, 0.1) is 5.69 Å². The molecule has 9 nitrogen and oxygen atoms in total. The maximum atomic E-state index is 12.5. The van der Waals surface area contributed by atoms with Crippen molar-refractivity contribution in [3.05, 3.63) is 59.7 Å². The summed E-state index contributed by atoms with van der Waals surface area (Å²) in [6, 6.07) is 11.1. The number of nitrogens with one attached hydrogen (secondary N) is 1. The molecule has 4 heterocycles. The average molecular weight is 462 g/mol. The summed E-state index contributed by atoms with van der Waals surface area (Å²) < 4.78 is 1.82. The van der Waals surface area contributed by atoms with Crippen molar-refractivity contribution in [2.45, 2.75) is 25.5 Å². The maximum absolute atomic E-state index is 12.5. The number of hydrogen-bond acceptors (Lipinski definition) is 8. The SMILES string of the molecule is CCn1ccc(Nc2nccc(-c3csc(-c4cccc([C@]5(O)CCN(C)C5=O)c4)n3)n2)n1. The molecular formula is C23H23N7O2S. The zero-order valence-electron chi connectivity index (χ0n) is 18.3. The van der Waals surface area contributed by atoms with Gasteiger partial charge in [-0.3, -0.25) is 9.48 Å². The van der Waals surface area contributed by atoms with Crippen LogP contribution in [-0.2, 0) is 16.9 Å². The fourth-order valence-corrected chi connectivity index (χ4v) is 4.65. The van der Waals surface area contributed by atoms with Crippen molar-refractivity contribution in [1.82, 2.24) is 29.6 Å². The Kier molecular flexibility index (Phi) is 5.39. The van der Waals surface area contributed by atoms with E-state index in [1.54, 1.807) is 30.3 Å². The van der Waals surface area contributed by atoms with Crippen LogP contribution in [0.25, 0.3) is 22.0 Å². The van der Waals surface area contributed by atoms with E-state index in [2.05, 4.69) is 20.4 Å². The van der Waals surface area contributed by atoms with Crippen LogP contribution >= 0.6 is 11.3 Å². The van der Waals surface area contributed by atoms with Gasteiger partial charge in [-0.1, -0.05) is 18.2 Å². The Morgan fingerprint density at radius 3 is 2.85 bits per heavy atom. The van der Waals surface area contributed by atoms with E-state index in [0.717, 1.165) is 22.8 Å². The predicted octanol–water partition coefficient (Wildman–Crippen LogP) is 3.28. The molecule has 10 heteroatoms. The molecule has 168 valence electrons. The number of anilines is 2. The van der Waals surface area contributed by atoms with Gasteiger partial charge >= 0.3 is 0 Å². The first kappa shape index (κ1) is 21.2. The molecule has 1 saturated heterocycles. The van der Waals surface area contributed by atoms with E-state index in [1.165, 1.54) is 11.3 Å². The Morgan fingerprint density at radius 1 is 1.21 bits per heavy atom. The highest BCUT2D eigenvalue weighted by molar-refractivity contribution is 7.13. The highest BCUT2D eigenvalue weighted by Gasteiger charge is 2.45. The van der Waals surface area contributed by atoms with Crippen LogP contribution in [0.15, 0.2) is 54.2 Å². The molecule has 2 N–H and O–H groups in total. The second-order valence-electron chi connectivity index (χ2n) is 7.90. The van der Waals surface area contributed by atoms with Gasteiger partial charge in [-0.15, -0.1) is 11.3 Å². The Balaban J connectivity index is 1.39. The molecule has 0 aliphatic carbocycles. The third kappa shape index (κ3) is 3.98. The topological polar surface area (TPSA) is 109 Å². The van der Waals surface area contributed by atoms with Gasteiger partial charge in [0, 0.05) is 56.0 Å². The van der Waals surface area contributed by atoms with Crippen LogP contribution in [0.5, 0.6) is 0 Å². The second kappa shape index (κ2) is 8.38. The highest BCUT2D eigenvalue weighted by Crippen LogP contribution is 2.36. The minimum Gasteiger partial charge on any atom is -0.375 e. The molecule has 0 bridgehead atoms. The molecule has 3 aromatic heterocycles. The zero-order valence-corrected chi connectivity index (χ0v) is 19.1. The lowest BCUT2D eigenvalue weighted by Crippen LogP contribution is -2.36. The van der Waals surface area contributed by atoms with Gasteiger partial charge < -0.3 is 15.3 Å². The number of hydrogen-bond donors (Lipinski definition) is 2. The Morgan fingerprint density at radius 2 is 2.09 bits per heavy atom. The van der Waals surface area contributed by atoms with E-state index < -0.39 is 5.60 Å². The standard InChI is InChI=1S/C23H23N7O2S/c1-3-30-11-8-19(28-30)27-22-24-10-7-17(26-22)18-14-33-20(25-18)15-5-4-6-16(13-15)23(32)9-12-29(2)21(23)31/h4-8,10-11,13-14,32H,3,9,12H2,1-2H3,(H,24,26,27,28)/t23-/m1/s1. The summed E-state index contributed by atoms with van der Waals surface area (Å²) in [5, 5.41) is 21.2. The number of nitrogens with zero attached hydrogens (tertiary/aromatic N) is 6. The Bertz CT molecular complexity index is 1320. The minimum atomic E-state index is -1.48. The van der Waals surface area contributed by atoms with E-state index >= 15 is 0 Å². The number of likely N-dealkylation sites (N-methyl/N-ethyl adjacent to an activating group) is 1. The number of carbonyl (C=O) groups excluding carboxylic acids is 1. The van der Waals surface area contributed by atoms with Crippen LogP contribution in [0, 0.1) is 0 Å². The fraction of sp³-hybridized carbons (Fsp3) is 0.261. The molecule has 0 saturated carbocycles. The lowest BCUT2D eigenvalue weighted by Gasteiger charge is -2.21. The van der Waals surface area contributed by atoms with Crippen LogP contribution in [0.1, 0.15) is 18.9 Å². The average Bonchev–Trinajstić information content (AvgIpc) is 3.57. The van der Waals surface area contributed by atoms with Crippen LogP contribution in [0.2, 0.25) is 0 Å². The number of rotatable bonds is 6. The van der Waals surface area contributed by atoms with Crippen LogP contribution in [0.4, 0.5) is 11.8 Å². The molecule has 1 aliphatic heterocycles. The van der Waals surface area contributed by atoms with Gasteiger partial charge in [0.15, 0.2) is 11.4 Å². The number of carbonyl (C=O) groups is 1. The molecule has 0 spiro atoms. The zero-order chi connectivity index (χ0) is 23.0. The van der Waals surface area contributed by atoms with Crippen LogP contribution in [0.3, 0.4) is 0 Å².